The molecule has 19 heavy (non-hydrogen) atoms. The van der Waals surface area contributed by atoms with Gasteiger partial charge < -0.3 is 4.74 Å². The maximum atomic E-state index is 11.6. The van der Waals surface area contributed by atoms with Crippen LogP contribution < -0.4 is 4.74 Å². The van der Waals surface area contributed by atoms with Gasteiger partial charge in [-0.15, -0.1) is 0 Å². The zero-order chi connectivity index (χ0) is 13.8. The Kier molecular flexibility index (Phi) is 4.00. The molecule has 2 aromatic rings. The number of rotatable bonds is 4. The molecule has 0 aliphatic rings. The van der Waals surface area contributed by atoms with Crippen LogP contribution >= 0.6 is 0 Å². The molecular weight excluding hydrogens is 236 g/mol. The molecule has 0 N–H and O–H groups in total. The first-order valence-corrected chi connectivity index (χ1v) is 6.46. The maximum absolute atomic E-state index is 11.6. The lowest BCUT2D eigenvalue weighted by atomic mass is 9.98. The van der Waals surface area contributed by atoms with E-state index in [1.165, 1.54) is 0 Å². The summed E-state index contributed by atoms with van der Waals surface area (Å²) in [6.45, 7) is 6.17. The SMILES string of the molecule is CCOc1cccc(-c2ccc(C)c(C(C)=O)c2)c1. The van der Waals surface area contributed by atoms with Crippen molar-refractivity contribution in [2.24, 2.45) is 0 Å². The van der Waals surface area contributed by atoms with Gasteiger partial charge in [-0.1, -0.05) is 24.3 Å². The van der Waals surface area contributed by atoms with E-state index in [9.17, 15) is 4.79 Å². The van der Waals surface area contributed by atoms with Gasteiger partial charge in [0.05, 0.1) is 6.61 Å². The smallest absolute Gasteiger partial charge is 0.160 e. The van der Waals surface area contributed by atoms with Crippen LogP contribution in [0.5, 0.6) is 5.75 Å². The van der Waals surface area contributed by atoms with E-state index in [0.29, 0.717) is 6.61 Å². The molecule has 0 spiro atoms. The molecule has 0 radical (unpaired) electrons. The minimum absolute atomic E-state index is 0.0975. The van der Waals surface area contributed by atoms with Gasteiger partial charge in [0.1, 0.15) is 5.75 Å². The number of benzene rings is 2. The molecule has 0 fully saturated rings. The molecule has 0 aromatic heterocycles. The summed E-state index contributed by atoms with van der Waals surface area (Å²) in [6, 6.07) is 13.9. The Morgan fingerprint density at radius 3 is 2.53 bits per heavy atom. The quantitative estimate of drug-likeness (QED) is 0.762. The van der Waals surface area contributed by atoms with Gasteiger partial charge in [-0.2, -0.15) is 0 Å². The molecular formula is C17H18O2. The molecule has 0 heterocycles. The number of aryl methyl sites for hydroxylation is 1. The van der Waals surface area contributed by atoms with E-state index in [-0.39, 0.29) is 5.78 Å². The van der Waals surface area contributed by atoms with E-state index in [4.69, 9.17) is 4.74 Å². The Morgan fingerprint density at radius 1 is 1.11 bits per heavy atom. The lowest BCUT2D eigenvalue weighted by Gasteiger charge is -2.09. The predicted octanol–water partition coefficient (Wildman–Crippen LogP) is 4.26. The average molecular weight is 254 g/mol. The van der Waals surface area contributed by atoms with Crippen molar-refractivity contribution in [3.63, 3.8) is 0 Å². The minimum atomic E-state index is 0.0975. The fourth-order valence-electron chi connectivity index (χ4n) is 2.11. The summed E-state index contributed by atoms with van der Waals surface area (Å²) in [6.07, 6.45) is 0. The van der Waals surface area contributed by atoms with Gasteiger partial charge in [0.15, 0.2) is 5.78 Å². The lowest BCUT2D eigenvalue weighted by Crippen LogP contribution is -1.96. The number of ether oxygens (including phenoxy) is 1. The number of hydrogen-bond acceptors (Lipinski definition) is 2. The summed E-state index contributed by atoms with van der Waals surface area (Å²) in [5, 5.41) is 0. The van der Waals surface area contributed by atoms with Crippen molar-refractivity contribution in [3.05, 3.63) is 53.6 Å². The highest BCUT2D eigenvalue weighted by Crippen LogP contribution is 2.26. The lowest BCUT2D eigenvalue weighted by molar-refractivity contribution is 0.101. The average Bonchev–Trinajstić information content (AvgIpc) is 2.39. The second kappa shape index (κ2) is 5.70. The monoisotopic (exact) mass is 254 g/mol. The number of Topliss-reactive ketones (excluding diaryl/α,β-unsaturated/α-hetero) is 1. The van der Waals surface area contributed by atoms with Gasteiger partial charge in [-0.3, -0.25) is 4.79 Å². The first kappa shape index (κ1) is 13.3. The topological polar surface area (TPSA) is 26.3 Å². The van der Waals surface area contributed by atoms with E-state index >= 15 is 0 Å². The van der Waals surface area contributed by atoms with Gasteiger partial charge in [-0.25, -0.2) is 0 Å². The molecule has 0 unspecified atom stereocenters. The van der Waals surface area contributed by atoms with Crippen molar-refractivity contribution in [1.82, 2.24) is 0 Å². The van der Waals surface area contributed by atoms with Crippen LogP contribution in [0.2, 0.25) is 0 Å². The highest BCUT2D eigenvalue weighted by atomic mass is 16.5. The number of carbonyl (C=O) groups is 1. The highest BCUT2D eigenvalue weighted by Gasteiger charge is 2.07. The molecule has 0 aliphatic carbocycles. The highest BCUT2D eigenvalue weighted by molar-refractivity contribution is 5.96. The van der Waals surface area contributed by atoms with Crippen LogP contribution in [0.4, 0.5) is 0 Å². The summed E-state index contributed by atoms with van der Waals surface area (Å²) in [5.41, 5.74) is 3.89. The molecule has 2 aromatic carbocycles. The molecule has 0 saturated heterocycles. The fourth-order valence-corrected chi connectivity index (χ4v) is 2.11. The van der Waals surface area contributed by atoms with Crippen LogP contribution in [0.1, 0.15) is 29.8 Å². The minimum Gasteiger partial charge on any atom is -0.494 e. The summed E-state index contributed by atoms with van der Waals surface area (Å²) >= 11 is 0. The second-order valence-corrected chi connectivity index (χ2v) is 4.55. The van der Waals surface area contributed by atoms with E-state index in [0.717, 1.165) is 28.0 Å². The van der Waals surface area contributed by atoms with Crippen LogP contribution in [0.15, 0.2) is 42.5 Å². The molecule has 0 aliphatic heterocycles. The number of hydrogen-bond donors (Lipinski definition) is 0. The zero-order valence-electron chi connectivity index (χ0n) is 11.6. The molecule has 2 nitrogen and oxygen atoms in total. The first-order chi connectivity index (χ1) is 9.11. The molecule has 2 heteroatoms. The van der Waals surface area contributed by atoms with E-state index in [1.54, 1.807) is 6.92 Å². The third-order valence-electron chi connectivity index (χ3n) is 3.10. The third-order valence-corrected chi connectivity index (χ3v) is 3.10. The van der Waals surface area contributed by atoms with E-state index in [2.05, 4.69) is 0 Å². The van der Waals surface area contributed by atoms with Crippen LogP contribution in [0.3, 0.4) is 0 Å². The van der Waals surface area contributed by atoms with Crippen LogP contribution in [-0.4, -0.2) is 12.4 Å². The Hall–Kier alpha value is -2.09. The summed E-state index contributed by atoms with van der Waals surface area (Å²) in [7, 11) is 0. The first-order valence-electron chi connectivity index (χ1n) is 6.46. The summed E-state index contributed by atoms with van der Waals surface area (Å²) in [4.78, 5) is 11.6. The zero-order valence-corrected chi connectivity index (χ0v) is 11.6. The molecule has 0 saturated carbocycles. The van der Waals surface area contributed by atoms with Crippen molar-refractivity contribution in [2.75, 3.05) is 6.61 Å². The van der Waals surface area contributed by atoms with Crippen molar-refractivity contribution < 1.29 is 9.53 Å². The van der Waals surface area contributed by atoms with E-state index in [1.807, 2.05) is 56.3 Å². The van der Waals surface area contributed by atoms with Crippen LogP contribution in [0.25, 0.3) is 11.1 Å². The van der Waals surface area contributed by atoms with Crippen molar-refractivity contribution in [1.29, 1.82) is 0 Å². The summed E-state index contributed by atoms with van der Waals surface area (Å²) in [5.74, 6) is 0.949. The van der Waals surface area contributed by atoms with Crippen LogP contribution in [-0.2, 0) is 0 Å². The van der Waals surface area contributed by atoms with Crippen LogP contribution in [0, 0.1) is 6.92 Å². The molecule has 2 rings (SSSR count). The Balaban J connectivity index is 2.44. The second-order valence-electron chi connectivity index (χ2n) is 4.55. The number of carbonyl (C=O) groups excluding carboxylic acids is 1. The van der Waals surface area contributed by atoms with Crippen molar-refractivity contribution >= 4 is 5.78 Å². The Bertz CT molecular complexity index is 600. The van der Waals surface area contributed by atoms with Crippen molar-refractivity contribution in [2.45, 2.75) is 20.8 Å². The molecule has 0 amide bonds. The largest absolute Gasteiger partial charge is 0.494 e. The van der Waals surface area contributed by atoms with E-state index < -0.39 is 0 Å². The predicted molar refractivity (Wildman–Crippen MR) is 77.8 cm³/mol. The fraction of sp³-hybridized carbons (Fsp3) is 0.235. The Labute approximate surface area is 114 Å². The number of ketones is 1. The molecule has 0 atom stereocenters. The third kappa shape index (κ3) is 3.02. The van der Waals surface area contributed by atoms with Gasteiger partial charge >= 0.3 is 0 Å². The van der Waals surface area contributed by atoms with Gasteiger partial charge in [-0.05, 0) is 55.7 Å². The molecule has 0 bridgehead atoms. The van der Waals surface area contributed by atoms with Gasteiger partial charge in [0.25, 0.3) is 0 Å². The Morgan fingerprint density at radius 2 is 1.84 bits per heavy atom. The normalized spacial score (nSPS) is 10.3. The van der Waals surface area contributed by atoms with Gasteiger partial charge in [0.2, 0.25) is 0 Å². The molecule has 98 valence electrons. The van der Waals surface area contributed by atoms with Gasteiger partial charge in [0, 0.05) is 5.56 Å². The maximum Gasteiger partial charge on any atom is 0.160 e. The van der Waals surface area contributed by atoms with Crippen molar-refractivity contribution in [3.8, 4) is 16.9 Å². The summed E-state index contributed by atoms with van der Waals surface area (Å²) < 4.78 is 5.50. The standard InChI is InChI=1S/C17H18O2/c1-4-19-16-7-5-6-14(10-16)15-9-8-12(2)17(11-15)13(3)18/h5-11H,4H2,1-3H3.